The van der Waals surface area contributed by atoms with Gasteiger partial charge in [0.25, 0.3) is 0 Å². The number of carboxylic acids is 2. The van der Waals surface area contributed by atoms with E-state index in [1.54, 1.807) is 13.8 Å². The summed E-state index contributed by atoms with van der Waals surface area (Å²) in [6, 6.07) is 0. The Morgan fingerprint density at radius 3 is 1.52 bits per heavy atom. The summed E-state index contributed by atoms with van der Waals surface area (Å²) < 4.78 is 0. The number of carbonyl (C=O) groups is 4. The number of hydrogen-bond acceptors (Lipinski definition) is 4. The van der Waals surface area contributed by atoms with E-state index < -0.39 is 35.8 Å². The minimum absolute atomic E-state index is 0.143. The number of carbonyl (C=O) groups excluding carboxylic acids is 2. The summed E-state index contributed by atoms with van der Waals surface area (Å²) in [5.41, 5.74) is -2.67. The van der Waals surface area contributed by atoms with Crippen molar-refractivity contribution in [3.63, 3.8) is 0 Å². The first-order chi connectivity index (χ1) is 9.71. The zero-order valence-electron chi connectivity index (χ0n) is 12.5. The molecule has 0 spiro atoms. The van der Waals surface area contributed by atoms with E-state index in [2.05, 4.69) is 6.58 Å². The summed E-state index contributed by atoms with van der Waals surface area (Å²) in [4.78, 5) is 46.4. The Balaban J connectivity index is 5.60. The fourth-order valence-corrected chi connectivity index (χ4v) is 2.17. The molecule has 0 amide bonds. The second-order valence-electron chi connectivity index (χ2n) is 5.10. The third-order valence-electron chi connectivity index (χ3n) is 3.30. The molecule has 0 aliphatic carbocycles. The molecule has 0 bridgehead atoms. The van der Waals surface area contributed by atoms with Gasteiger partial charge >= 0.3 is 11.9 Å². The van der Waals surface area contributed by atoms with Gasteiger partial charge in [-0.15, -0.1) is 0 Å². The van der Waals surface area contributed by atoms with Gasteiger partial charge in [-0.2, -0.15) is 0 Å². The van der Waals surface area contributed by atoms with Crippen LogP contribution in [0.5, 0.6) is 0 Å². The quantitative estimate of drug-likeness (QED) is 0.566. The lowest BCUT2D eigenvalue weighted by atomic mass is 9.72. The highest BCUT2D eigenvalue weighted by atomic mass is 16.4. The molecule has 0 saturated carbocycles. The maximum atomic E-state index is 11.8. The van der Waals surface area contributed by atoms with Gasteiger partial charge in [0.1, 0.15) is 17.0 Å². The summed E-state index contributed by atoms with van der Waals surface area (Å²) in [6.07, 6.45) is 0.301. The third-order valence-corrected chi connectivity index (χ3v) is 3.30. The highest BCUT2D eigenvalue weighted by Gasteiger charge is 2.47. The molecule has 6 nitrogen and oxygen atoms in total. The standard InChI is InChI=1S/C15H22O6/c1-4-6-11(16)8-15(14(20)21,10(3)13(18)19)9-12(17)7-5-2/h3-9H2,1-2H3,(H,18,19)(H,20,21). The highest BCUT2D eigenvalue weighted by molar-refractivity contribution is 6.01. The van der Waals surface area contributed by atoms with Crippen LogP contribution in [0, 0.1) is 5.41 Å². The molecule has 2 N–H and O–H groups in total. The van der Waals surface area contributed by atoms with E-state index in [0.717, 1.165) is 0 Å². The molecule has 0 radical (unpaired) electrons. The van der Waals surface area contributed by atoms with Gasteiger partial charge in [0.15, 0.2) is 0 Å². The van der Waals surface area contributed by atoms with Crippen LogP contribution in [0.2, 0.25) is 0 Å². The van der Waals surface area contributed by atoms with Gasteiger partial charge in [0.05, 0.1) is 0 Å². The fraction of sp³-hybridized carbons (Fsp3) is 0.600. The lowest BCUT2D eigenvalue weighted by Crippen LogP contribution is -2.40. The Bertz CT molecular complexity index is 429. The van der Waals surface area contributed by atoms with E-state index >= 15 is 0 Å². The topological polar surface area (TPSA) is 109 Å². The first kappa shape index (κ1) is 19.0. The molecule has 0 aromatic carbocycles. The average Bonchev–Trinajstić information content (AvgIpc) is 2.37. The van der Waals surface area contributed by atoms with Crippen LogP contribution in [0.4, 0.5) is 0 Å². The van der Waals surface area contributed by atoms with E-state index in [4.69, 9.17) is 5.11 Å². The molecule has 0 atom stereocenters. The second kappa shape index (κ2) is 8.34. The van der Waals surface area contributed by atoms with E-state index in [0.29, 0.717) is 12.8 Å². The van der Waals surface area contributed by atoms with Crippen LogP contribution in [-0.2, 0) is 19.2 Å². The van der Waals surface area contributed by atoms with Crippen molar-refractivity contribution in [1.82, 2.24) is 0 Å². The first-order valence-corrected chi connectivity index (χ1v) is 6.90. The van der Waals surface area contributed by atoms with Gasteiger partial charge in [-0.3, -0.25) is 14.4 Å². The van der Waals surface area contributed by atoms with Crippen molar-refractivity contribution in [1.29, 1.82) is 0 Å². The molecule has 0 fully saturated rings. The Kier molecular flexibility index (Phi) is 7.55. The summed E-state index contributed by atoms with van der Waals surface area (Å²) >= 11 is 0. The Morgan fingerprint density at radius 1 is 0.905 bits per heavy atom. The minimum atomic E-state index is -2.05. The molecule has 118 valence electrons. The number of hydrogen-bond donors (Lipinski definition) is 2. The zero-order valence-corrected chi connectivity index (χ0v) is 12.5. The van der Waals surface area contributed by atoms with E-state index in [1.807, 2.05) is 0 Å². The van der Waals surface area contributed by atoms with Crippen LogP contribution in [0.15, 0.2) is 12.2 Å². The molecule has 0 aliphatic rings. The van der Waals surface area contributed by atoms with Crippen LogP contribution in [0.25, 0.3) is 0 Å². The van der Waals surface area contributed by atoms with Gasteiger partial charge in [-0.25, -0.2) is 4.79 Å². The van der Waals surface area contributed by atoms with Gasteiger partial charge in [-0.05, 0) is 12.8 Å². The second-order valence-corrected chi connectivity index (χ2v) is 5.10. The monoisotopic (exact) mass is 298 g/mol. The molecule has 0 aliphatic heterocycles. The molecule has 6 heteroatoms. The van der Waals surface area contributed by atoms with E-state index in [1.165, 1.54) is 0 Å². The van der Waals surface area contributed by atoms with Crippen molar-refractivity contribution >= 4 is 23.5 Å². The SMILES string of the molecule is C=C(C(=O)O)C(CC(=O)CCC)(CC(=O)CCC)C(=O)O. The van der Waals surface area contributed by atoms with E-state index in [9.17, 15) is 24.3 Å². The van der Waals surface area contributed by atoms with Gasteiger partial charge in [0.2, 0.25) is 0 Å². The lowest BCUT2D eigenvalue weighted by Gasteiger charge is -2.28. The number of aliphatic carboxylic acids is 2. The molecule has 0 heterocycles. The van der Waals surface area contributed by atoms with Crippen molar-refractivity contribution in [2.45, 2.75) is 52.4 Å². The van der Waals surface area contributed by atoms with Crippen molar-refractivity contribution in [3.05, 3.63) is 12.2 Å². The minimum Gasteiger partial charge on any atom is -0.481 e. The summed E-state index contributed by atoms with van der Waals surface area (Å²) in [6.45, 7) is 6.81. The van der Waals surface area contributed by atoms with Crippen LogP contribution >= 0.6 is 0 Å². The number of rotatable bonds is 11. The molecule has 0 saturated heterocycles. The van der Waals surface area contributed by atoms with Gasteiger partial charge in [0, 0.05) is 31.3 Å². The van der Waals surface area contributed by atoms with E-state index in [-0.39, 0.29) is 24.4 Å². The van der Waals surface area contributed by atoms with Gasteiger partial charge < -0.3 is 10.2 Å². The van der Waals surface area contributed by atoms with Crippen LogP contribution < -0.4 is 0 Å². The lowest BCUT2D eigenvalue weighted by molar-refractivity contribution is -0.154. The molecule has 0 rings (SSSR count). The number of Topliss-reactive ketones (excluding diaryl/α,β-unsaturated/α-hetero) is 2. The van der Waals surface area contributed by atoms with Gasteiger partial charge in [-0.1, -0.05) is 20.4 Å². The predicted molar refractivity (Wildman–Crippen MR) is 75.9 cm³/mol. The fourth-order valence-electron chi connectivity index (χ4n) is 2.17. The number of carboxylic acid groups (broad SMARTS) is 2. The first-order valence-electron chi connectivity index (χ1n) is 6.90. The third kappa shape index (κ3) is 5.13. The van der Waals surface area contributed by atoms with Crippen molar-refractivity contribution in [3.8, 4) is 0 Å². The predicted octanol–water partition coefficient (Wildman–Crippen LogP) is 2.22. The Hall–Kier alpha value is -1.98. The maximum absolute atomic E-state index is 11.8. The van der Waals surface area contributed by atoms with Crippen molar-refractivity contribution in [2.75, 3.05) is 0 Å². The molecule has 0 unspecified atom stereocenters. The summed E-state index contributed by atoms with van der Waals surface area (Å²) in [7, 11) is 0. The summed E-state index contributed by atoms with van der Waals surface area (Å²) in [5, 5.41) is 18.5. The Morgan fingerprint density at radius 2 is 1.29 bits per heavy atom. The van der Waals surface area contributed by atoms with Crippen LogP contribution in [-0.4, -0.2) is 33.7 Å². The average molecular weight is 298 g/mol. The number of ketones is 2. The zero-order chi connectivity index (χ0) is 16.6. The normalized spacial score (nSPS) is 11.0. The largest absolute Gasteiger partial charge is 0.481 e. The molecule has 0 aromatic rings. The molecular weight excluding hydrogens is 276 g/mol. The Labute approximate surface area is 123 Å². The smallest absolute Gasteiger partial charge is 0.332 e. The van der Waals surface area contributed by atoms with Crippen molar-refractivity contribution < 1.29 is 29.4 Å². The molecule has 0 aromatic heterocycles. The molecule has 21 heavy (non-hydrogen) atoms. The highest BCUT2D eigenvalue weighted by Crippen LogP contribution is 2.37. The van der Waals surface area contributed by atoms with Crippen LogP contribution in [0.1, 0.15) is 52.4 Å². The summed E-state index contributed by atoms with van der Waals surface area (Å²) in [5.74, 6) is -3.77. The maximum Gasteiger partial charge on any atom is 0.332 e. The molecular formula is C15H22O6. The van der Waals surface area contributed by atoms with Crippen LogP contribution in [0.3, 0.4) is 0 Å². The van der Waals surface area contributed by atoms with Crippen molar-refractivity contribution in [2.24, 2.45) is 5.41 Å².